The van der Waals surface area contributed by atoms with E-state index in [1.54, 1.807) is 6.07 Å². The Balaban J connectivity index is 2.05. The Labute approximate surface area is 93.3 Å². The van der Waals surface area contributed by atoms with Crippen LogP contribution in [0, 0.1) is 12.7 Å². The third-order valence-electron chi connectivity index (χ3n) is 2.81. The number of aryl methyl sites for hydroxylation is 1. The SMILES string of the molecule is Cc1ccc(F)c(C(=O)NC2CC(O)C2)c1. The van der Waals surface area contributed by atoms with E-state index in [1.165, 1.54) is 12.1 Å². The summed E-state index contributed by atoms with van der Waals surface area (Å²) in [4.78, 5) is 11.7. The molecule has 0 bridgehead atoms. The number of rotatable bonds is 2. The number of carbonyl (C=O) groups excluding carboxylic acids is 1. The highest BCUT2D eigenvalue weighted by molar-refractivity contribution is 5.94. The molecule has 86 valence electrons. The Morgan fingerprint density at radius 3 is 2.81 bits per heavy atom. The summed E-state index contributed by atoms with van der Waals surface area (Å²) in [5.74, 6) is -0.916. The van der Waals surface area contributed by atoms with Crippen molar-refractivity contribution in [1.82, 2.24) is 5.32 Å². The van der Waals surface area contributed by atoms with Gasteiger partial charge >= 0.3 is 0 Å². The smallest absolute Gasteiger partial charge is 0.254 e. The zero-order valence-electron chi connectivity index (χ0n) is 9.03. The lowest BCUT2D eigenvalue weighted by molar-refractivity contribution is 0.0561. The monoisotopic (exact) mass is 223 g/mol. The van der Waals surface area contributed by atoms with Crippen molar-refractivity contribution in [3.05, 3.63) is 35.1 Å². The van der Waals surface area contributed by atoms with Gasteiger partial charge in [0.25, 0.3) is 5.91 Å². The Morgan fingerprint density at radius 2 is 2.19 bits per heavy atom. The second-order valence-corrected chi connectivity index (χ2v) is 4.28. The fourth-order valence-corrected chi connectivity index (χ4v) is 1.78. The quantitative estimate of drug-likeness (QED) is 0.796. The fourth-order valence-electron chi connectivity index (χ4n) is 1.78. The lowest BCUT2D eigenvalue weighted by atomic mass is 9.89. The molecule has 1 aliphatic rings. The molecule has 0 unspecified atom stereocenters. The number of aliphatic hydroxyl groups is 1. The van der Waals surface area contributed by atoms with Gasteiger partial charge in [0.2, 0.25) is 0 Å². The predicted octanol–water partition coefficient (Wildman–Crippen LogP) is 1.39. The van der Waals surface area contributed by atoms with E-state index in [0.29, 0.717) is 12.8 Å². The van der Waals surface area contributed by atoms with E-state index in [4.69, 9.17) is 5.11 Å². The van der Waals surface area contributed by atoms with Crippen LogP contribution in [0.1, 0.15) is 28.8 Å². The zero-order chi connectivity index (χ0) is 11.7. The van der Waals surface area contributed by atoms with E-state index in [2.05, 4.69) is 5.32 Å². The topological polar surface area (TPSA) is 49.3 Å². The van der Waals surface area contributed by atoms with Crippen molar-refractivity contribution in [2.24, 2.45) is 0 Å². The molecule has 0 atom stereocenters. The third kappa shape index (κ3) is 2.22. The molecule has 0 radical (unpaired) electrons. The molecule has 0 heterocycles. The van der Waals surface area contributed by atoms with Crippen LogP contribution in [-0.4, -0.2) is 23.2 Å². The summed E-state index contributed by atoms with van der Waals surface area (Å²) in [7, 11) is 0. The molecule has 0 aliphatic heterocycles. The Hall–Kier alpha value is -1.42. The van der Waals surface area contributed by atoms with Gasteiger partial charge in [-0.3, -0.25) is 4.79 Å². The van der Waals surface area contributed by atoms with E-state index in [9.17, 15) is 9.18 Å². The first kappa shape index (κ1) is 11.1. The first-order chi connectivity index (χ1) is 7.56. The number of aliphatic hydroxyl groups excluding tert-OH is 1. The summed E-state index contributed by atoms with van der Waals surface area (Å²) in [6.07, 6.45) is 0.783. The van der Waals surface area contributed by atoms with Crippen molar-refractivity contribution in [3.63, 3.8) is 0 Å². The molecule has 1 aromatic rings. The van der Waals surface area contributed by atoms with E-state index in [-0.39, 0.29) is 17.7 Å². The molecule has 1 aliphatic carbocycles. The van der Waals surface area contributed by atoms with Crippen LogP contribution in [0.3, 0.4) is 0 Å². The fraction of sp³-hybridized carbons (Fsp3) is 0.417. The summed E-state index contributed by atoms with van der Waals surface area (Å²) in [5.41, 5.74) is 0.918. The summed E-state index contributed by atoms with van der Waals surface area (Å²) < 4.78 is 13.4. The summed E-state index contributed by atoms with van der Waals surface area (Å²) in [6, 6.07) is 4.42. The molecule has 1 amide bonds. The number of halogens is 1. The Kier molecular flexibility index (Phi) is 2.92. The molecule has 4 heteroatoms. The van der Waals surface area contributed by atoms with Gasteiger partial charge in [-0.2, -0.15) is 0 Å². The van der Waals surface area contributed by atoms with Crippen molar-refractivity contribution in [1.29, 1.82) is 0 Å². The number of benzene rings is 1. The first-order valence-corrected chi connectivity index (χ1v) is 5.31. The maximum Gasteiger partial charge on any atom is 0.254 e. The standard InChI is InChI=1S/C12H14FNO2/c1-7-2-3-11(13)10(4-7)12(16)14-8-5-9(15)6-8/h2-4,8-9,15H,5-6H2,1H3,(H,14,16). The zero-order valence-corrected chi connectivity index (χ0v) is 9.03. The minimum absolute atomic E-state index is 0.0255. The molecule has 0 spiro atoms. The largest absolute Gasteiger partial charge is 0.393 e. The average Bonchev–Trinajstić information content (AvgIpc) is 2.19. The minimum Gasteiger partial charge on any atom is -0.393 e. The van der Waals surface area contributed by atoms with E-state index in [0.717, 1.165) is 5.56 Å². The lowest BCUT2D eigenvalue weighted by Gasteiger charge is -2.31. The lowest BCUT2D eigenvalue weighted by Crippen LogP contribution is -2.46. The van der Waals surface area contributed by atoms with Crippen molar-refractivity contribution >= 4 is 5.91 Å². The maximum atomic E-state index is 13.4. The third-order valence-corrected chi connectivity index (χ3v) is 2.81. The van der Waals surface area contributed by atoms with Crippen LogP contribution in [0.15, 0.2) is 18.2 Å². The first-order valence-electron chi connectivity index (χ1n) is 5.31. The van der Waals surface area contributed by atoms with Crippen LogP contribution in [0.4, 0.5) is 4.39 Å². The van der Waals surface area contributed by atoms with E-state index in [1.807, 2.05) is 6.92 Å². The van der Waals surface area contributed by atoms with Crippen molar-refractivity contribution in [2.75, 3.05) is 0 Å². The normalized spacial score (nSPS) is 23.7. The summed E-state index contributed by atoms with van der Waals surface area (Å²) >= 11 is 0. The van der Waals surface area contributed by atoms with Crippen molar-refractivity contribution in [3.8, 4) is 0 Å². The van der Waals surface area contributed by atoms with Crippen LogP contribution in [0.25, 0.3) is 0 Å². The molecule has 2 N–H and O–H groups in total. The van der Waals surface area contributed by atoms with Gasteiger partial charge in [0, 0.05) is 6.04 Å². The predicted molar refractivity (Wildman–Crippen MR) is 57.6 cm³/mol. The second kappa shape index (κ2) is 4.22. The molecular weight excluding hydrogens is 209 g/mol. The van der Waals surface area contributed by atoms with Gasteiger partial charge in [-0.1, -0.05) is 11.6 Å². The van der Waals surface area contributed by atoms with Crippen molar-refractivity contribution in [2.45, 2.75) is 31.9 Å². The Morgan fingerprint density at radius 1 is 1.50 bits per heavy atom. The van der Waals surface area contributed by atoms with Crippen LogP contribution in [-0.2, 0) is 0 Å². The van der Waals surface area contributed by atoms with E-state index >= 15 is 0 Å². The highest BCUT2D eigenvalue weighted by atomic mass is 19.1. The highest BCUT2D eigenvalue weighted by Gasteiger charge is 2.29. The molecule has 1 fully saturated rings. The highest BCUT2D eigenvalue weighted by Crippen LogP contribution is 2.20. The minimum atomic E-state index is -0.511. The molecular formula is C12H14FNO2. The van der Waals surface area contributed by atoms with Crippen LogP contribution in [0.2, 0.25) is 0 Å². The van der Waals surface area contributed by atoms with Gasteiger partial charge < -0.3 is 10.4 Å². The van der Waals surface area contributed by atoms with Gasteiger partial charge in [-0.15, -0.1) is 0 Å². The van der Waals surface area contributed by atoms with Gasteiger partial charge in [-0.05, 0) is 31.9 Å². The van der Waals surface area contributed by atoms with Crippen molar-refractivity contribution < 1.29 is 14.3 Å². The molecule has 1 aromatic carbocycles. The molecule has 2 rings (SSSR count). The van der Waals surface area contributed by atoms with Gasteiger partial charge in [0.05, 0.1) is 11.7 Å². The number of hydrogen-bond acceptors (Lipinski definition) is 2. The summed E-state index contributed by atoms with van der Waals surface area (Å²) in [6.45, 7) is 1.81. The van der Waals surface area contributed by atoms with Gasteiger partial charge in [0.15, 0.2) is 0 Å². The van der Waals surface area contributed by atoms with E-state index < -0.39 is 11.7 Å². The second-order valence-electron chi connectivity index (χ2n) is 4.28. The summed E-state index contributed by atoms with van der Waals surface area (Å²) in [5, 5.41) is 11.8. The van der Waals surface area contributed by atoms with Crippen LogP contribution >= 0.6 is 0 Å². The number of nitrogens with one attached hydrogen (secondary N) is 1. The maximum absolute atomic E-state index is 13.4. The Bertz CT molecular complexity index is 413. The van der Waals surface area contributed by atoms with Gasteiger partial charge in [-0.25, -0.2) is 4.39 Å². The van der Waals surface area contributed by atoms with Crippen LogP contribution < -0.4 is 5.32 Å². The molecule has 16 heavy (non-hydrogen) atoms. The molecule has 0 saturated heterocycles. The molecule has 1 saturated carbocycles. The molecule has 3 nitrogen and oxygen atoms in total. The number of carbonyl (C=O) groups is 1. The number of hydrogen-bond donors (Lipinski definition) is 2. The van der Waals surface area contributed by atoms with Crippen LogP contribution in [0.5, 0.6) is 0 Å². The average molecular weight is 223 g/mol. The number of amides is 1. The molecule has 0 aromatic heterocycles. The van der Waals surface area contributed by atoms with Gasteiger partial charge in [0.1, 0.15) is 5.82 Å².